The fourth-order valence-electron chi connectivity index (χ4n) is 0.857. The van der Waals surface area contributed by atoms with Gasteiger partial charge in [0.15, 0.2) is 0 Å². The maximum Gasteiger partial charge on any atom is 0.335 e. The number of aromatic carboxylic acids is 1. The SMILES string of the molecule is O=C(O)c1cc(F)cc(SC(F)F)c1. The van der Waals surface area contributed by atoms with Crippen LogP contribution in [0.2, 0.25) is 0 Å². The molecule has 0 aliphatic rings. The summed E-state index contributed by atoms with van der Waals surface area (Å²) in [6.07, 6.45) is 0. The minimum Gasteiger partial charge on any atom is -0.478 e. The summed E-state index contributed by atoms with van der Waals surface area (Å²) in [6.45, 7) is 0. The van der Waals surface area contributed by atoms with Gasteiger partial charge in [-0.05, 0) is 18.2 Å². The fourth-order valence-corrected chi connectivity index (χ4v) is 1.44. The molecule has 0 spiro atoms. The first kappa shape index (κ1) is 10.9. The lowest BCUT2D eigenvalue weighted by molar-refractivity contribution is 0.0696. The highest BCUT2D eigenvalue weighted by Crippen LogP contribution is 2.26. The van der Waals surface area contributed by atoms with Gasteiger partial charge in [0, 0.05) is 4.90 Å². The van der Waals surface area contributed by atoms with E-state index in [0.29, 0.717) is 0 Å². The van der Waals surface area contributed by atoms with E-state index in [1.807, 2.05) is 0 Å². The molecule has 1 aromatic rings. The van der Waals surface area contributed by atoms with E-state index >= 15 is 0 Å². The summed E-state index contributed by atoms with van der Waals surface area (Å²) >= 11 is 0.107. The number of carbonyl (C=O) groups is 1. The smallest absolute Gasteiger partial charge is 0.335 e. The van der Waals surface area contributed by atoms with Crippen LogP contribution in [0.25, 0.3) is 0 Å². The highest BCUT2D eigenvalue weighted by atomic mass is 32.2. The Labute approximate surface area is 81.7 Å². The van der Waals surface area contributed by atoms with Crippen molar-refractivity contribution in [1.29, 1.82) is 0 Å². The van der Waals surface area contributed by atoms with Gasteiger partial charge in [0.2, 0.25) is 0 Å². The number of carboxylic acids is 1. The normalized spacial score (nSPS) is 10.6. The van der Waals surface area contributed by atoms with Gasteiger partial charge < -0.3 is 5.11 Å². The van der Waals surface area contributed by atoms with E-state index in [-0.39, 0.29) is 22.2 Å². The molecule has 0 aromatic heterocycles. The molecule has 76 valence electrons. The number of hydrogen-bond donors (Lipinski definition) is 1. The molecular weight excluding hydrogens is 217 g/mol. The number of hydrogen-bond acceptors (Lipinski definition) is 2. The van der Waals surface area contributed by atoms with Crippen LogP contribution in [0.4, 0.5) is 13.2 Å². The van der Waals surface area contributed by atoms with Crippen LogP contribution in [0.15, 0.2) is 23.1 Å². The number of benzene rings is 1. The Kier molecular flexibility index (Phi) is 3.40. The predicted octanol–water partition coefficient (Wildman–Crippen LogP) is 2.84. The summed E-state index contributed by atoms with van der Waals surface area (Å²) in [6, 6.07) is 2.64. The molecule has 1 aromatic carbocycles. The van der Waals surface area contributed by atoms with Crippen LogP contribution in [0, 0.1) is 5.82 Å². The molecule has 0 aliphatic heterocycles. The van der Waals surface area contributed by atoms with Gasteiger partial charge in [0.05, 0.1) is 5.56 Å². The molecule has 1 N–H and O–H groups in total. The topological polar surface area (TPSA) is 37.3 Å². The van der Waals surface area contributed by atoms with E-state index in [0.717, 1.165) is 18.2 Å². The number of alkyl halides is 2. The molecule has 6 heteroatoms. The molecule has 1 rings (SSSR count). The molecule has 0 aliphatic carbocycles. The predicted molar refractivity (Wildman–Crippen MR) is 45.2 cm³/mol. The molecule has 0 saturated carbocycles. The fraction of sp³-hybridized carbons (Fsp3) is 0.125. The van der Waals surface area contributed by atoms with Crippen molar-refractivity contribution in [2.75, 3.05) is 0 Å². The Morgan fingerprint density at radius 3 is 2.50 bits per heavy atom. The van der Waals surface area contributed by atoms with Crippen LogP contribution >= 0.6 is 11.8 Å². The van der Waals surface area contributed by atoms with Crippen LogP contribution in [0.3, 0.4) is 0 Å². The van der Waals surface area contributed by atoms with E-state index in [1.54, 1.807) is 0 Å². The van der Waals surface area contributed by atoms with Crippen LogP contribution in [-0.2, 0) is 0 Å². The van der Waals surface area contributed by atoms with Crippen molar-refractivity contribution in [1.82, 2.24) is 0 Å². The third kappa shape index (κ3) is 2.95. The average Bonchev–Trinajstić information content (AvgIpc) is 2.01. The molecule has 0 saturated heterocycles. The molecule has 0 unspecified atom stereocenters. The third-order valence-electron chi connectivity index (χ3n) is 1.34. The summed E-state index contributed by atoms with van der Waals surface area (Å²) in [7, 11) is 0. The van der Waals surface area contributed by atoms with E-state index in [2.05, 4.69) is 0 Å². The van der Waals surface area contributed by atoms with Crippen molar-refractivity contribution in [2.45, 2.75) is 10.7 Å². The van der Waals surface area contributed by atoms with Gasteiger partial charge in [0.1, 0.15) is 5.82 Å². The second-order valence-electron chi connectivity index (χ2n) is 2.36. The summed E-state index contributed by atoms with van der Waals surface area (Å²) < 4.78 is 36.5. The standard InChI is InChI=1S/C8H5F3O2S/c9-5-1-4(7(12)13)2-6(3-5)14-8(10)11/h1-3,8H,(H,12,13). The molecule has 0 amide bonds. The lowest BCUT2D eigenvalue weighted by Gasteiger charge is -2.01. The van der Waals surface area contributed by atoms with Gasteiger partial charge in [-0.2, -0.15) is 8.78 Å². The van der Waals surface area contributed by atoms with Gasteiger partial charge in [-0.25, -0.2) is 9.18 Å². The van der Waals surface area contributed by atoms with E-state index in [1.165, 1.54) is 0 Å². The lowest BCUT2D eigenvalue weighted by atomic mass is 10.2. The molecule has 0 bridgehead atoms. The Bertz CT molecular complexity index is 354. The number of halogens is 3. The van der Waals surface area contributed by atoms with Crippen molar-refractivity contribution in [2.24, 2.45) is 0 Å². The second-order valence-corrected chi connectivity index (χ2v) is 3.42. The largest absolute Gasteiger partial charge is 0.478 e. The van der Waals surface area contributed by atoms with Gasteiger partial charge in [-0.1, -0.05) is 11.8 Å². The molecule has 0 atom stereocenters. The molecular formula is C8H5F3O2S. The van der Waals surface area contributed by atoms with E-state index in [4.69, 9.17) is 5.11 Å². The van der Waals surface area contributed by atoms with Crippen molar-refractivity contribution in [3.63, 3.8) is 0 Å². The van der Waals surface area contributed by atoms with E-state index < -0.39 is 17.5 Å². The van der Waals surface area contributed by atoms with Crippen LogP contribution in [-0.4, -0.2) is 16.8 Å². The van der Waals surface area contributed by atoms with Gasteiger partial charge in [-0.15, -0.1) is 0 Å². The zero-order valence-corrected chi connectivity index (χ0v) is 7.52. The van der Waals surface area contributed by atoms with E-state index in [9.17, 15) is 18.0 Å². The highest BCUT2D eigenvalue weighted by Gasteiger charge is 2.11. The zero-order valence-electron chi connectivity index (χ0n) is 6.71. The summed E-state index contributed by atoms with van der Waals surface area (Å²) in [5, 5.41) is 8.50. The quantitative estimate of drug-likeness (QED) is 0.799. The van der Waals surface area contributed by atoms with Crippen molar-refractivity contribution in [3.05, 3.63) is 29.6 Å². The maximum atomic E-state index is 12.7. The van der Waals surface area contributed by atoms with Gasteiger partial charge >= 0.3 is 5.97 Å². The number of carboxylic acid groups (broad SMARTS) is 1. The molecule has 2 nitrogen and oxygen atoms in total. The monoisotopic (exact) mass is 222 g/mol. The lowest BCUT2D eigenvalue weighted by Crippen LogP contribution is -1.97. The molecule has 14 heavy (non-hydrogen) atoms. The first-order valence-electron chi connectivity index (χ1n) is 3.48. The minimum absolute atomic E-state index is 0.0996. The minimum atomic E-state index is -2.70. The maximum absolute atomic E-state index is 12.7. The Balaban J connectivity index is 3.01. The van der Waals surface area contributed by atoms with Crippen molar-refractivity contribution < 1.29 is 23.1 Å². The first-order valence-corrected chi connectivity index (χ1v) is 4.35. The molecule has 0 radical (unpaired) electrons. The highest BCUT2D eigenvalue weighted by molar-refractivity contribution is 7.99. The molecule has 0 fully saturated rings. The molecule has 0 heterocycles. The Hall–Kier alpha value is -1.17. The Morgan fingerprint density at radius 2 is 2.00 bits per heavy atom. The summed E-state index contributed by atoms with van der Waals surface area (Å²) in [4.78, 5) is 10.3. The third-order valence-corrected chi connectivity index (χ3v) is 2.03. The number of rotatable bonds is 3. The second kappa shape index (κ2) is 4.36. The average molecular weight is 222 g/mol. The summed E-state index contributed by atoms with van der Waals surface area (Å²) in [5.41, 5.74) is -0.340. The van der Waals surface area contributed by atoms with Gasteiger partial charge in [0.25, 0.3) is 5.76 Å². The zero-order chi connectivity index (χ0) is 10.7. The van der Waals surface area contributed by atoms with Crippen molar-refractivity contribution in [3.8, 4) is 0 Å². The van der Waals surface area contributed by atoms with Crippen molar-refractivity contribution >= 4 is 17.7 Å². The van der Waals surface area contributed by atoms with Gasteiger partial charge in [-0.3, -0.25) is 0 Å². The number of thioether (sulfide) groups is 1. The Morgan fingerprint density at radius 1 is 1.36 bits per heavy atom. The van der Waals surface area contributed by atoms with Crippen LogP contribution < -0.4 is 0 Å². The first-order chi connectivity index (χ1) is 6.49. The van der Waals surface area contributed by atoms with Crippen LogP contribution in [0.5, 0.6) is 0 Å². The van der Waals surface area contributed by atoms with Crippen LogP contribution in [0.1, 0.15) is 10.4 Å². The summed E-state index contributed by atoms with van der Waals surface area (Å²) in [5.74, 6) is -4.88.